The van der Waals surface area contributed by atoms with Gasteiger partial charge in [-0.1, -0.05) is 0 Å². The summed E-state index contributed by atoms with van der Waals surface area (Å²) in [6.07, 6.45) is 1.64. The van der Waals surface area contributed by atoms with Crippen molar-refractivity contribution in [1.82, 2.24) is 10.3 Å². The molecule has 0 fully saturated rings. The fourth-order valence-electron chi connectivity index (χ4n) is 1.51. The van der Waals surface area contributed by atoms with E-state index in [0.717, 1.165) is 11.3 Å². The number of rotatable bonds is 4. The zero-order valence-electron chi connectivity index (χ0n) is 10.4. The van der Waals surface area contributed by atoms with E-state index >= 15 is 0 Å². The lowest BCUT2D eigenvalue weighted by Gasteiger charge is -2.05. The van der Waals surface area contributed by atoms with Gasteiger partial charge in [0.25, 0.3) is 5.91 Å². The Balaban J connectivity index is 1.97. The highest BCUT2D eigenvalue weighted by Gasteiger charge is 2.07. The van der Waals surface area contributed by atoms with Gasteiger partial charge in [-0.25, -0.2) is 4.98 Å². The van der Waals surface area contributed by atoms with Gasteiger partial charge in [0.15, 0.2) is 0 Å². The van der Waals surface area contributed by atoms with E-state index in [1.807, 2.05) is 25.4 Å². The Kier molecular flexibility index (Phi) is 3.94. The molecule has 5 heteroatoms. The zero-order chi connectivity index (χ0) is 13.0. The summed E-state index contributed by atoms with van der Waals surface area (Å²) in [7, 11) is 1.82. The summed E-state index contributed by atoms with van der Waals surface area (Å²) in [4.78, 5) is 16.0. The van der Waals surface area contributed by atoms with Crippen LogP contribution in [0.3, 0.4) is 0 Å². The maximum Gasteiger partial charge on any atom is 0.270 e. The van der Waals surface area contributed by atoms with Crippen LogP contribution in [0.1, 0.15) is 21.6 Å². The van der Waals surface area contributed by atoms with Crippen molar-refractivity contribution in [2.75, 3.05) is 12.4 Å². The quantitative estimate of drug-likeness (QED) is 0.888. The van der Waals surface area contributed by atoms with Gasteiger partial charge >= 0.3 is 0 Å². The summed E-state index contributed by atoms with van der Waals surface area (Å²) < 4.78 is 0. The molecule has 0 aliphatic heterocycles. The lowest BCUT2D eigenvalue weighted by molar-refractivity contribution is 0.0946. The number of amides is 1. The number of thiophene rings is 1. The second-order valence-corrected chi connectivity index (χ2v) is 4.69. The summed E-state index contributed by atoms with van der Waals surface area (Å²) in [5.74, 6) is -0.150. The van der Waals surface area contributed by atoms with Crippen LogP contribution in [0.5, 0.6) is 0 Å². The Morgan fingerprint density at radius 1 is 1.39 bits per heavy atom. The molecule has 18 heavy (non-hydrogen) atoms. The number of carbonyl (C=O) groups is 1. The number of carbonyl (C=O) groups excluding carboxylic acids is 1. The van der Waals surface area contributed by atoms with Crippen molar-refractivity contribution < 1.29 is 4.79 Å². The van der Waals surface area contributed by atoms with Gasteiger partial charge in [-0.15, -0.1) is 0 Å². The van der Waals surface area contributed by atoms with Gasteiger partial charge in [-0.2, -0.15) is 11.3 Å². The molecule has 2 aromatic heterocycles. The third-order valence-corrected chi connectivity index (χ3v) is 3.60. The largest absolute Gasteiger partial charge is 0.387 e. The third kappa shape index (κ3) is 2.87. The first-order valence-electron chi connectivity index (χ1n) is 5.64. The van der Waals surface area contributed by atoms with E-state index in [9.17, 15) is 4.79 Å². The predicted molar refractivity (Wildman–Crippen MR) is 74.0 cm³/mol. The first kappa shape index (κ1) is 12.6. The van der Waals surface area contributed by atoms with Gasteiger partial charge in [0.2, 0.25) is 0 Å². The molecule has 94 valence electrons. The number of anilines is 1. The summed E-state index contributed by atoms with van der Waals surface area (Å²) in [6.45, 7) is 2.58. The van der Waals surface area contributed by atoms with Crippen LogP contribution < -0.4 is 10.6 Å². The van der Waals surface area contributed by atoms with Crippen LogP contribution in [-0.4, -0.2) is 17.9 Å². The van der Waals surface area contributed by atoms with Crippen LogP contribution in [0.25, 0.3) is 0 Å². The molecule has 0 bridgehead atoms. The van der Waals surface area contributed by atoms with Gasteiger partial charge in [0.05, 0.1) is 11.9 Å². The third-order valence-electron chi connectivity index (χ3n) is 2.69. The normalized spacial score (nSPS) is 10.1. The molecule has 0 unspecified atom stereocenters. The molecular weight excluding hydrogens is 246 g/mol. The molecule has 0 spiro atoms. The molecule has 0 saturated carbocycles. The van der Waals surface area contributed by atoms with Crippen LogP contribution in [0.4, 0.5) is 5.69 Å². The van der Waals surface area contributed by atoms with Gasteiger partial charge < -0.3 is 10.6 Å². The number of nitrogens with one attached hydrogen (secondary N) is 2. The highest BCUT2D eigenvalue weighted by Crippen LogP contribution is 2.13. The highest BCUT2D eigenvalue weighted by atomic mass is 32.1. The molecule has 2 rings (SSSR count). The molecule has 0 radical (unpaired) electrons. The van der Waals surface area contributed by atoms with E-state index in [-0.39, 0.29) is 5.91 Å². The number of nitrogens with zero attached hydrogens (tertiary/aromatic N) is 1. The Bertz CT molecular complexity index is 533. The molecule has 0 aromatic carbocycles. The lowest BCUT2D eigenvalue weighted by atomic mass is 10.2. The van der Waals surface area contributed by atoms with E-state index in [4.69, 9.17) is 0 Å². The number of aryl methyl sites for hydroxylation is 1. The van der Waals surface area contributed by atoms with E-state index in [0.29, 0.717) is 12.2 Å². The van der Waals surface area contributed by atoms with Gasteiger partial charge in [-0.05, 0) is 40.9 Å². The standard InChI is InChI=1S/C13H15N3OS/c1-9-7-18-8-10(9)5-16-13(17)12-4-3-11(14-2)6-15-12/h3-4,6-8,14H,5H2,1-2H3,(H,16,17). The van der Waals surface area contributed by atoms with Gasteiger partial charge in [0, 0.05) is 13.6 Å². The maximum atomic E-state index is 11.9. The molecule has 0 aliphatic carbocycles. The smallest absolute Gasteiger partial charge is 0.270 e. The van der Waals surface area contributed by atoms with Crippen LogP contribution in [-0.2, 0) is 6.54 Å². The highest BCUT2D eigenvalue weighted by molar-refractivity contribution is 7.08. The van der Waals surface area contributed by atoms with Gasteiger partial charge in [0.1, 0.15) is 5.69 Å². The topological polar surface area (TPSA) is 54.0 Å². The molecule has 0 atom stereocenters. The fraction of sp³-hybridized carbons (Fsp3) is 0.231. The van der Waals surface area contributed by atoms with E-state index in [1.54, 1.807) is 23.6 Å². The van der Waals surface area contributed by atoms with Crippen molar-refractivity contribution in [2.45, 2.75) is 13.5 Å². The molecule has 0 aliphatic rings. The number of hydrogen-bond acceptors (Lipinski definition) is 4. The zero-order valence-corrected chi connectivity index (χ0v) is 11.2. The Morgan fingerprint density at radius 2 is 2.22 bits per heavy atom. The molecule has 4 nitrogen and oxygen atoms in total. The molecular formula is C13H15N3OS. The van der Waals surface area contributed by atoms with Crippen LogP contribution in [0, 0.1) is 6.92 Å². The first-order chi connectivity index (χ1) is 8.70. The summed E-state index contributed by atoms with van der Waals surface area (Å²) in [5, 5.41) is 9.95. The van der Waals surface area contributed by atoms with Crippen molar-refractivity contribution in [3.63, 3.8) is 0 Å². The Labute approximate surface area is 110 Å². The van der Waals surface area contributed by atoms with Crippen molar-refractivity contribution in [1.29, 1.82) is 0 Å². The molecule has 2 heterocycles. The average Bonchev–Trinajstić information content (AvgIpc) is 2.81. The Hall–Kier alpha value is -1.88. The van der Waals surface area contributed by atoms with Crippen molar-refractivity contribution in [2.24, 2.45) is 0 Å². The summed E-state index contributed by atoms with van der Waals surface area (Å²) in [6, 6.07) is 3.54. The minimum Gasteiger partial charge on any atom is -0.387 e. The molecule has 2 aromatic rings. The minimum atomic E-state index is -0.150. The van der Waals surface area contributed by atoms with E-state index in [1.165, 1.54) is 5.56 Å². The van der Waals surface area contributed by atoms with Crippen molar-refractivity contribution in [3.05, 3.63) is 45.9 Å². The predicted octanol–water partition coefficient (Wildman–Crippen LogP) is 2.42. The molecule has 1 amide bonds. The van der Waals surface area contributed by atoms with E-state index in [2.05, 4.69) is 21.0 Å². The van der Waals surface area contributed by atoms with Crippen molar-refractivity contribution in [3.8, 4) is 0 Å². The average molecular weight is 261 g/mol. The second kappa shape index (κ2) is 5.64. The van der Waals surface area contributed by atoms with Crippen LogP contribution in [0.2, 0.25) is 0 Å². The first-order valence-corrected chi connectivity index (χ1v) is 6.58. The summed E-state index contributed by atoms with van der Waals surface area (Å²) >= 11 is 1.64. The monoisotopic (exact) mass is 261 g/mol. The van der Waals surface area contributed by atoms with Gasteiger partial charge in [-0.3, -0.25) is 4.79 Å². The lowest BCUT2D eigenvalue weighted by Crippen LogP contribution is -2.23. The SMILES string of the molecule is CNc1ccc(C(=O)NCc2cscc2C)nc1. The number of hydrogen-bond donors (Lipinski definition) is 2. The molecule has 2 N–H and O–H groups in total. The minimum absolute atomic E-state index is 0.150. The maximum absolute atomic E-state index is 11.9. The number of pyridine rings is 1. The fourth-order valence-corrected chi connectivity index (χ4v) is 2.37. The summed E-state index contributed by atoms with van der Waals surface area (Å²) in [5.41, 5.74) is 3.68. The number of aromatic nitrogens is 1. The van der Waals surface area contributed by atoms with E-state index < -0.39 is 0 Å². The second-order valence-electron chi connectivity index (χ2n) is 3.94. The van der Waals surface area contributed by atoms with Crippen molar-refractivity contribution >= 4 is 22.9 Å². The van der Waals surface area contributed by atoms with Crippen LogP contribution >= 0.6 is 11.3 Å². The Morgan fingerprint density at radius 3 is 2.78 bits per heavy atom. The van der Waals surface area contributed by atoms with Crippen LogP contribution in [0.15, 0.2) is 29.1 Å². The molecule has 0 saturated heterocycles.